The van der Waals surface area contributed by atoms with Crippen LogP contribution in [0.5, 0.6) is 11.5 Å². The zero-order chi connectivity index (χ0) is 15.4. The van der Waals surface area contributed by atoms with Crippen LogP contribution < -0.4 is 9.47 Å². The fourth-order valence-corrected chi connectivity index (χ4v) is 2.85. The Morgan fingerprint density at radius 2 is 1.86 bits per heavy atom. The molecule has 5 heteroatoms. The van der Waals surface area contributed by atoms with Gasteiger partial charge in [0.05, 0.1) is 20.3 Å². The van der Waals surface area contributed by atoms with Gasteiger partial charge in [-0.3, -0.25) is 0 Å². The summed E-state index contributed by atoms with van der Waals surface area (Å²) in [7, 11) is 3.06. The molecule has 1 atom stereocenters. The Labute approximate surface area is 131 Å². The molecule has 0 aliphatic rings. The van der Waals surface area contributed by atoms with Crippen molar-refractivity contribution in [1.82, 2.24) is 0 Å². The highest BCUT2D eigenvalue weighted by molar-refractivity contribution is 9.10. The monoisotopic (exact) mass is 354 g/mol. The molecule has 1 unspecified atom stereocenters. The number of rotatable bonds is 5. The Hall–Kier alpha value is -1.59. The van der Waals surface area contributed by atoms with Crippen molar-refractivity contribution in [2.24, 2.45) is 0 Å². The number of aliphatic hydroxyl groups excluding tert-OH is 1. The van der Waals surface area contributed by atoms with E-state index in [2.05, 4.69) is 15.9 Å². The zero-order valence-electron chi connectivity index (χ0n) is 11.8. The van der Waals surface area contributed by atoms with Crippen LogP contribution in [0.25, 0.3) is 0 Å². The first-order chi connectivity index (χ1) is 10.1. The summed E-state index contributed by atoms with van der Waals surface area (Å²) in [6, 6.07) is 9.84. The van der Waals surface area contributed by atoms with Crippen LogP contribution in [0.1, 0.15) is 17.2 Å². The molecule has 0 spiro atoms. The van der Waals surface area contributed by atoms with Crippen LogP contribution in [-0.2, 0) is 6.42 Å². The van der Waals surface area contributed by atoms with Gasteiger partial charge in [-0.1, -0.05) is 18.2 Å². The third-order valence-electron chi connectivity index (χ3n) is 3.25. The first kappa shape index (κ1) is 15.8. The third-order valence-corrected chi connectivity index (χ3v) is 4.00. The number of methoxy groups -OCH3 is 2. The van der Waals surface area contributed by atoms with Crippen LogP contribution in [0.15, 0.2) is 40.9 Å². The topological polar surface area (TPSA) is 38.7 Å². The molecular formula is C16H16BrFO3. The van der Waals surface area contributed by atoms with Gasteiger partial charge in [0.1, 0.15) is 21.8 Å². The maximum Gasteiger partial charge on any atom is 0.142 e. The smallest absolute Gasteiger partial charge is 0.142 e. The van der Waals surface area contributed by atoms with Crippen LogP contribution in [-0.4, -0.2) is 19.3 Å². The second-order valence-electron chi connectivity index (χ2n) is 4.52. The van der Waals surface area contributed by atoms with Gasteiger partial charge in [-0.25, -0.2) is 4.39 Å². The van der Waals surface area contributed by atoms with Gasteiger partial charge in [-0.05, 0) is 39.7 Å². The Kier molecular flexibility index (Phi) is 5.20. The van der Waals surface area contributed by atoms with Crippen molar-refractivity contribution >= 4 is 15.9 Å². The Morgan fingerprint density at radius 3 is 2.48 bits per heavy atom. The van der Waals surface area contributed by atoms with E-state index in [1.165, 1.54) is 13.2 Å². The molecule has 3 nitrogen and oxygen atoms in total. The van der Waals surface area contributed by atoms with Crippen LogP contribution in [0.3, 0.4) is 0 Å². The SMILES string of the molecule is COc1ccc(C(O)Cc2ccccc2F)c(OC)c1Br. The second kappa shape index (κ2) is 6.91. The molecule has 0 heterocycles. The highest BCUT2D eigenvalue weighted by Gasteiger charge is 2.20. The van der Waals surface area contributed by atoms with Crippen molar-refractivity contribution in [3.8, 4) is 11.5 Å². The number of hydrogen-bond donors (Lipinski definition) is 1. The lowest BCUT2D eigenvalue weighted by Crippen LogP contribution is -2.06. The van der Waals surface area contributed by atoms with Crippen molar-refractivity contribution in [2.75, 3.05) is 14.2 Å². The van der Waals surface area contributed by atoms with E-state index >= 15 is 0 Å². The summed E-state index contributed by atoms with van der Waals surface area (Å²) in [5.41, 5.74) is 1.03. The highest BCUT2D eigenvalue weighted by Crippen LogP contribution is 2.40. The third kappa shape index (κ3) is 3.36. The summed E-state index contributed by atoms with van der Waals surface area (Å²) >= 11 is 3.39. The van der Waals surface area contributed by atoms with Crippen LogP contribution in [0.2, 0.25) is 0 Å². The molecule has 0 aromatic heterocycles. The molecule has 0 aliphatic heterocycles. The predicted molar refractivity (Wildman–Crippen MR) is 82.3 cm³/mol. The Morgan fingerprint density at radius 1 is 1.14 bits per heavy atom. The van der Waals surface area contributed by atoms with E-state index in [0.29, 0.717) is 27.1 Å². The van der Waals surface area contributed by atoms with Gasteiger partial charge in [0.15, 0.2) is 0 Å². The lowest BCUT2D eigenvalue weighted by molar-refractivity contribution is 0.172. The van der Waals surface area contributed by atoms with E-state index in [0.717, 1.165) is 0 Å². The quantitative estimate of drug-likeness (QED) is 0.885. The van der Waals surface area contributed by atoms with Gasteiger partial charge in [-0.15, -0.1) is 0 Å². The molecule has 21 heavy (non-hydrogen) atoms. The fraction of sp³-hybridized carbons (Fsp3) is 0.250. The van der Waals surface area contributed by atoms with E-state index in [-0.39, 0.29) is 12.2 Å². The minimum Gasteiger partial charge on any atom is -0.495 e. The van der Waals surface area contributed by atoms with E-state index in [1.54, 1.807) is 37.4 Å². The summed E-state index contributed by atoms with van der Waals surface area (Å²) < 4.78 is 24.8. The first-order valence-electron chi connectivity index (χ1n) is 6.40. The Bertz CT molecular complexity index is 631. The van der Waals surface area contributed by atoms with Gasteiger partial charge >= 0.3 is 0 Å². The van der Waals surface area contributed by atoms with E-state index in [9.17, 15) is 9.50 Å². The molecule has 0 bridgehead atoms. The van der Waals surface area contributed by atoms with Gasteiger partial charge in [0.2, 0.25) is 0 Å². The molecule has 0 aliphatic carbocycles. The van der Waals surface area contributed by atoms with Crippen molar-refractivity contribution in [2.45, 2.75) is 12.5 Å². The van der Waals surface area contributed by atoms with Crippen molar-refractivity contribution in [1.29, 1.82) is 0 Å². The van der Waals surface area contributed by atoms with E-state index in [1.807, 2.05) is 0 Å². The minimum absolute atomic E-state index is 0.168. The van der Waals surface area contributed by atoms with Gasteiger partial charge in [-0.2, -0.15) is 0 Å². The summed E-state index contributed by atoms with van der Waals surface area (Å²) in [6.07, 6.45) is -0.707. The normalized spacial score (nSPS) is 12.0. The van der Waals surface area contributed by atoms with Gasteiger partial charge < -0.3 is 14.6 Å². The first-order valence-corrected chi connectivity index (χ1v) is 7.19. The number of hydrogen-bond acceptors (Lipinski definition) is 3. The van der Waals surface area contributed by atoms with Crippen LogP contribution in [0.4, 0.5) is 4.39 Å². The van der Waals surface area contributed by atoms with Crippen LogP contribution >= 0.6 is 15.9 Å². The number of benzene rings is 2. The number of aliphatic hydroxyl groups is 1. The zero-order valence-corrected chi connectivity index (χ0v) is 13.4. The maximum absolute atomic E-state index is 13.7. The van der Waals surface area contributed by atoms with Crippen molar-refractivity contribution < 1.29 is 19.0 Å². The molecule has 2 rings (SSSR count). The highest BCUT2D eigenvalue weighted by atomic mass is 79.9. The molecular weight excluding hydrogens is 339 g/mol. The summed E-state index contributed by atoms with van der Waals surface area (Å²) in [4.78, 5) is 0. The molecule has 0 fully saturated rings. The standard InChI is InChI=1S/C16H16BrFO3/c1-20-14-8-7-11(16(21-2)15(14)17)13(19)9-10-5-3-4-6-12(10)18/h3-8,13,19H,9H2,1-2H3. The maximum atomic E-state index is 13.7. The summed E-state index contributed by atoms with van der Waals surface area (Å²) in [6.45, 7) is 0. The predicted octanol–water partition coefficient (Wildman–Crippen LogP) is 3.88. The molecule has 1 N–H and O–H groups in total. The summed E-state index contributed by atoms with van der Waals surface area (Å²) in [5, 5.41) is 10.4. The summed E-state index contributed by atoms with van der Waals surface area (Å²) in [5.74, 6) is 0.759. The number of halogens is 2. The minimum atomic E-state index is -0.876. The fourth-order valence-electron chi connectivity index (χ4n) is 2.16. The van der Waals surface area contributed by atoms with Gasteiger partial charge in [0, 0.05) is 12.0 Å². The molecule has 0 saturated heterocycles. The average molecular weight is 355 g/mol. The van der Waals surface area contributed by atoms with Crippen LogP contribution in [0, 0.1) is 5.82 Å². The molecule has 0 saturated carbocycles. The van der Waals surface area contributed by atoms with E-state index < -0.39 is 6.10 Å². The Balaban J connectivity index is 2.33. The van der Waals surface area contributed by atoms with Crippen molar-refractivity contribution in [3.05, 3.63) is 57.8 Å². The molecule has 112 valence electrons. The number of ether oxygens (including phenoxy) is 2. The largest absolute Gasteiger partial charge is 0.495 e. The molecule has 2 aromatic rings. The molecule has 2 aromatic carbocycles. The lowest BCUT2D eigenvalue weighted by Gasteiger charge is -2.18. The average Bonchev–Trinajstić information content (AvgIpc) is 2.49. The lowest BCUT2D eigenvalue weighted by atomic mass is 10.00. The van der Waals surface area contributed by atoms with E-state index in [4.69, 9.17) is 9.47 Å². The van der Waals surface area contributed by atoms with Crippen molar-refractivity contribution in [3.63, 3.8) is 0 Å². The molecule has 0 radical (unpaired) electrons. The second-order valence-corrected chi connectivity index (χ2v) is 5.31. The van der Waals surface area contributed by atoms with Gasteiger partial charge in [0.25, 0.3) is 0 Å². The molecule has 0 amide bonds.